The standard InChI is InChI=1S/C14H14NP/c16-13-5-2-8-15-14(13)12-7-6-10-3-1-4-11(10)9-12/h2,5-9H,1,3-4,16H2. The smallest absolute Gasteiger partial charge is 0.0773 e. The van der Waals surface area contributed by atoms with E-state index in [0.29, 0.717) is 0 Å². The first-order valence-electron chi connectivity index (χ1n) is 5.67. The van der Waals surface area contributed by atoms with Crippen LogP contribution in [0, 0.1) is 0 Å². The van der Waals surface area contributed by atoms with Gasteiger partial charge < -0.3 is 0 Å². The Bertz CT molecular complexity index is 534. The first-order chi connectivity index (χ1) is 7.84. The van der Waals surface area contributed by atoms with Crippen LogP contribution in [0.25, 0.3) is 11.3 Å². The van der Waals surface area contributed by atoms with Crippen LogP contribution in [0.5, 0.6) is 0 Å². The zero-order valence-electron chi connectivity index (χ0n) is 9.11. The van der Waals surface area contributed by atoms with E-state index >= 15 is 0 Å². The van der Waals surface area contributed by atoms with Crippen LogP contribution in [0.2, 0.25) is 0 Å². The fraction of sp³-hybridized carbons (Fsp3) is 0.214. The molecule has 2 heteroatoms. The number of hydrogen-bond acceptors (Lipinski definition) is 1. The highest BCUT2D eigenvalue weighted by Crippen LogP contribution is 2.26. The molecule has 0 saturated carbocycles. The lowest BCUT2D eigenvalue weighted by atomic mass is 10.0. The predicted octanol–water partition coefficient (Wildman–Crippen LogP) is 2.74. The van der Waals surface area contributed by atoms with E-state index in [4.69, 9.17) is 0 Å². The number of fused-ring (bicyclic) bond motifs is 1. The molecule has 0 saturated heterocycles. The third-order valence-electron chi connectivity index (χ3n) is 3.21. The summed E-state index contributed by atoms with van der Waals surface area (Å²) in [7, 11) is 2.76. The first-order valence-corrected chi connectivity index (χ1v) is 6.25. The average Bonchev–Trinajstić information content (AvgIpc) is 2.76. The Balaban J connectivity index is 2.11. The van der Waals surface area contributed by atoms with Gasteiger partial charge in [0.1, 0.15) is 0 Å². The molecular weight excluding hydrogens is 213 g/mol. The summed E-state index contributed by atoms with van der Waals surface area (Å²) in [6.45, 7) is 0. The molecule has 1 nitrogen and oxygen atoms in total. The number of hydrogen-bond donors (Lipinski definition) is 0. The van der Waals surface area contributed by atoms with Gasteiger partial charge in [-0.25, -0.2) is 0 Å². The molecule has 0 N–H and O–H groups in total. The Kier molecular flexibility index (Phi) is 2.49. The van der Waals surface area contributed by atoms with Crippen LogP contribution in [0.1, 0.15) is 17.5 Å². The van der Waals surface area contributed by atoms with E-state index in [1.807, 2.05) is 12.3 Å². The highest BCUT2D eigenvalue weighted by molar-refractivity contribution is 7.27. The van der Waals surface area contributed by atoms with E-state index in [1.54, 1.807) is 0 Å². The van der Waals surface area contributed by atoms with Crippen LogP contribution in [-0.2, 0) is 12.8 Å². The van der Waals surface area contributed by atoms with Crippen molar-refractivity contribution in [1.29, 1.82) is 0 Å². The van der Waals surface area contributed by atoms with Crippen LogP contribution < -0.4 is 5.30 Å². The van der Waals surface area contributed by atoms with Crippen molar-refractivity contribution in [3.8, 4) is 11.3 Å². The summed E-state index contributed by atoms with van der Waals surface area (Å²) < 4.78 is 0. The topological polar surface area (TPSA) is 12.9 Å². The second-order valence-corrected chi connectivity index (χ2v) is 4.90. The first kappa shape index (κ1) is 9.99. The molecule has 80 valence electrons. The third-order valence-corrected chi connectivity index (χ3v) is 3.68. The molecular formula is C14H14NP. The van der Waals surface area contributed by atoms with Gasteiger partial charge in [-0.05, 0) is 47.8 Å². The van der Waals surface area contributed by atoms with Crippen molar-refractivity contribution in [2.75, 3.05) is 0 Å². The van der Waals surface area contributed by atoms with Gasteiger partial charge in [-0.2, -0.15) is 0 Å². The Labute approximate surface area is 98.1 Å². The molecule has 0 amide bonds. The van der Waals surface area contributed by atoms with E-state index < -0.39 is 0 Å². The van der Waals surface area contributed by atoms with Gasteiger partial charge in [-0.3, -0.25) is 4.98 Å². The number of aromatic nitrogens is 1. The van der Waals surface area contributed by atoms with Crippen LogP contribution in [0.3, 0.4) is 0 Å². The van der Waals surface area contributed by atoms with E-state index in [9.17, 15) is 0 Å². The Hall–Kier alpha value is -1.20. The largest absolute Gasteiger partial charge is 0.256 e. The van der Waals surface area contributed by atoms with E-state index in [1.165, 1.54) is 41.3 Å². The molecule has 0 fully saturated rings. The van der Waals surface area contributed by atoms with E-state index in [-0.39, 0.29) is 0 Å². The van der Waals surface area contributed by atoms with Crippen molar-refractivity contribution >= 4 is 14.5 Å². The summed E-state index contributed by atoms with van der Waals surface area (Å²) in [6.07, 6.45) is 5.62. The number of benzene rings is 1. The molecule has 1 aliphatic carbocycles. The third kappa shape index (κ3) is 1.66. The van der Waals surface area contributed by atoms with Crippen molar-refractivity contribution < 1.29 is 0 Å². The monoisotopic (exact) mass is 227 g/mol. The lowest BCUT2D eigenvalue weighted by molar-refractivity contribution is 0.912. The molecule has 2 aromatic rings. The number of pyridine rings is 1. The Morgan fingerprint density at radius 2 is 1.94 bits per heavy atom. The van der Waals surface area contributed by atoms with Crippen LogP contribution in [-0.4, -0.2) is 4.98 Å². The fourth-order valence-electron chi connectivity index (χ4n) is 2.38. The summed E-state index contributed by atoms with van der Waals surface area (Å²) >= 11 is 0. The van der Waals surface area contributed by atoms with Gasteiger partial charge >= 0.3 is 0 Å². The number of rotatable bonds is 1. The molecule has 1 aliphatic rings. The van der Waals surface area contributed by atoms with Crippen molar-refractivity contribution in [3.63, 3.8) is 0 Å². The van der Waals surface area contributed by atoms with Crippen molar-refractivity contribution in [2.24, 2.45) is 0 Å². The Morgan fingerprint density at radius 1 is 1.06 bits per heavy atom. The van der Waals surface area contributed by atoms with Crippen molar-refractivity contribution in [2.45, 2.75) is 19.3 Å². The quantitative estimate of drug-likeness (QED) is 0.683. The normalized spacial score (nSPS) is 13.8. The molecule has 1 aromatic carbocycles. The highest BCUT2D eigenvalue weighted by atomic mass is 31.0. The van der Waals surface area contributed by atoms with Gasteiger partial charge in [0.25, 0.3) is 0 Å². The fourth-order valence-corrected chi connectivity index (χ4v) is 2.73. The lowest BCUT2D eigenvalue weighted by Crippen LogP contribution is -1.99. The van der Waals surface area contributed by atoms with Gasteiger partial charge in [0.15, 0.2) is 0 Å². The maximum absolute atomic E-state index is 4.45. The molecule has 0 spiro atoms. The minimum atomic E-state index is 1.09. The van der Waals surface area contributed by atoms with Gasteiger partial charge in [-0.15, -0.1) is 9.24 Å². The maximum atomic E-state index is 4.45. The second kappa shape index (κ2) is 3.99. The molecule has 0 radical (unpaired) electrons. The summed E-state index contributed by atoms with van der Waals surface area (Å²) in [6, 6.07) is 10.8. The zero-order valence-corrected chi connectivity index (χ0v) is 10.3. The van der Waals surface area contributed by atoms with E-state index in [0.717, 1.165) is 5.69 Å². The minimum Gasteiger partial charge on any atom is -0.256 e. The second-order valence-electron chi connectivity index (χ2n) is 4.28. The molecule has 0 bridgehead atoms. The molecule has 1 heterocycles. The molecule has 1 unspecified atom stereocenters. The average molecular weight is 227 g/mol. The van der Waals surface area contributed by atoms with Gasteiger partial charge in [0, 0.05) is 11.8 Å². The zero-order chi connectivity index (χ0) is 11.0. The predicted molar refractivity (Wildman–Crippen MR) is 71.0 cm³/mol. The summed E-state index contributed by atoms with van der Waals surface area (Å²) in [4.78, 5) is 4.45. The SMILES string of the molecule is Pc1cccnc1-c1ccc2c(c1)CCC2. The van der Waals surface area contributed by atoms with Crippen LogP contribution in [0.4, 0.5) is 0 Å². The molecule has 1 atom stereocenters. The van der Waals surface area contributed by atoms with Crippen molar-refractivity contribution in [1.82, 2.24) is 4.98 Å². The van der Waals surface area contributed by atoms with Crippen LogP contribution >= 0.6 is 9.24 Å². The van der Waals surface area contributed by atoms with Gasteiger partial charge in [-0.1, -0.05) is 18.2 Å². The van der Waals surface area contributed by atoms with Gasteiger partial charge in [0.05, 0.1) is 5.69 Å². The van der Waals surface area contributed by atoms with Gasteiger partial charge in [0.2, 0.25) is 0 Å². The summed E-state index contributed by atoms with van der Waals surface area (Å²) in [5.41, 5.74) is 5.35. The summed E-state index contributed by atoms with van der Waals surface area (Å²) in [5, 5.41) is 1.17. The Morgan fingerprint density at radius 3 is 2.81 bits per heavy atom. The molecule has 3 rings (SSSR count). The minimum absolute atomic E-state index is 1.09. The number of aryl methyl sites for hydroxylation is 2. The molecule has 1 aromatic heterocycles. The number of nitrogens with zero attached hydrogens (tertiary/aromatic N) is 1. The summed E-state index contributed by atoms with van der Waals surface area (Å²) in [5.74, 6) is 0. The van der Waals surface area contributed by atoms with E-state index in [2.05, 4.69) is 38.5 Å². The highest BCUT2D eigenvalue weighted by Gasteiger charge is 2.12. The molecule has 0 aliphatic heterocycles. The molecule has 16 heavy (non-hydrogen) atoms. The lowest BCUT2D eigenvalue weighted by Gasteiger charge is -2.06. The maximum Gasteiger partial charge on any atom is 0.0773 e. The van der Waals surface area contributed by atoms with Crippen molar-refractivity contribution in [3.05, 3.63) is 47.7 Å². The van der Waals surface area contributed by atoms with Crippen LogP contribution in [0.15, 0.2) is 36.5 Å².